The molecule has 0 N–H and O–H groups in total. The maximum Gasteiger partial charge on any atom is 0.254 e. The van der Waals surface area contributed by atoms with Gasteiger partial charge < -0.3 is 9.80 Å². The summed E-state index contributed by atoms with van der Waals surface area (Å²) in [6.45, 7) is 4.25. The fraction of sp³-hybridized carbons (Fsp3) is 0.263. The predicted molar refractivity (Wildman–Crippen MR) is 95.4 cm³/mol. The van der Waals surface area contributed by atoms with E-state index in [4.69, 9.17) is 11.6 Å². The molecular weight excluding hydrogens is 343 g/mol. The van der Waals surface area contributed by atoms with Gasteiger partial charge in [-0.1, -0.05) is 29.3 Å². The monoisotopic (exact) mass is 360 g/mol. The zero-order valence-corrected chi connectivity index (χ0v) is 14.8. The number of carbonyl (C=O) groups excluding carboxylic acids is 2. The molecule has 0 aromatic heterocycles. The molecule has 130 valence electrons. The largest absolute Gasteiger partial charge is 0.325 e. The van der Waals surface area contributed by atoms with Crippen molar-refractivity contribution in [1.29, 1.82) is 0 Å². The first kappa shape index (κ1) is 17.4. The van der Waals surface area contributed by atoms with Crippen LogP contribution in [0.3, 0.4) is 0 Å². The Balaban J connectivity index is 1.79. The highest BCUT2D eigenvalue weighted by Gasteiger charge is 2.33. The SMILES string of the molecule is Cc1ccc(N2C[C@@H](C)N(C(=O)c3ccc(F)c(Cl)c3)CC2=O)cc1. The highest BCUT2D eigenvalue weighted by atomic mass is 35.5. The molecule has 0 saturated carbocycles. The van der Waals surface area contributed by atoms with E-state index in [0.717, 1.165) is 17.3 Å². The molecule has 3 rings (SSSR count). The minimum atomic E-state index is -0.577. The average Bonchev–Trinajstić information content (AvgIpc) is 2.59. The van der Waals surface area contributed by atoms with Gasteiger partial charge >= 0.3 is 0 Å². The van der Waals surface area contributed by atoms with Gasteiger partial charge in [0.05, 0.1) is 5.02 Å². The number of nitrogens with zero attached hydrogens (tertiary/aromatic N) is 2. The summed E-state index contributed by atoms with van der Waals surface area (Å²) in [5, 5.41) is -0.108. The van der Waals surface area contributed by atoms with Crippen molar-refractivity contribution in [1.82, 2.24) is 4.90 Å². The van der Waals surface area contributed by atoms with Crippen LogP contribution in [0.15, 0.2) is 42.5 Å². The Morgan fingerprint density at radius 3 is 2.52 bits per heavy atom. The van der Waals surface area contributed by atoms with E-state index in [2.05, 4.69) is 0 Å². The second-order valence-corrected chi connectivity index (χ2v) is 6.66. The van der Waals surface area contributed by atoms with E-state index >= 15 is 0 Å². The van der Waals surface area contributed by atoms with Gasteiger partial charge in [-0.05, 0) is 44.2 Å². The second kappa shape index (κ2) is 6.84. The lowest BCUT2D eigenvalue weighted by molar-refractivity contribution is -0.121. The molecule has 1 atom stereocenters. The van der Waals surface area contributed by atoms with E-state index in [-0.39, 0.29) is 35.0 Å². The molecule has 0 unspecified atom stereocenters. The third-order valence-electron chi connectivity index (χ3n) is 4.36. The molecule has 2 amide bonds. The summed E-state index contributed by atoms with van der Waals surface area (Å²) in [5.41, 5.74) is 2.21. The van der Waals surface area contributed by atoms with Gasteiger partial charge in [0.2, 0.25) is 5.91 Å². The third-order valence-corrected chi connectivity index (χ3v) is 4.65. The number of piperazine rings is 1. The van der Waals surface area contributed by atoms with Crippen LogP contribution in [-0.4, -0.2) is 35.8 Å². The quantitative estimate of drug-likeness (QED) is 0.820. The van der Waals surface area contributed by atoms with Crippen LogP contribution in [0.2, 0.25) is 5.02 Å². The number of aryl methyl sites for hydroxylation is 1. The van der Waals surface area contributed by atoms with Crippen LogP contribution in [0.4, 0.5) is 10.1 Å². The first-order valence-corrected chi connectivity index (χ1v) is 8.37. The lowest BCUT2D eigenvalue weighted by Gasteiger charge is -2.39. The molecule has 2 aromatic carbocycles. The standard InChI is InChI=1S/C19H18ClFN2O2/c1-12-3-6-15(7-4-12)23-10-13(2)22(11-18(23)24)19(25)14-5-8-17(21)16(20)9-14/h3-9,13H,10-11H2,1-2H3/t13-/m1/s1. The zero-order chi connectivity index (χ0) is 18.1. The molecular formula is C19H18ClFN2O2. The summed E-state index contributed by atoms with van der Waals surface area (Å²) >= 11 is 5.76. The fourth-order valence-corrected chi connectivity index (χ4v) is 3.07. The fourth-order valence-electron chi connectivity index (χ4n) is 2.89. The minimum absolute atomic E-state index is 0.0249. The summed E-state index contributed by atoms with van der Waals surface area (Å²) in [5.74, 6) is -1.05. The molecule has 4 nitrogen and oxygen atoms in total. The maximum absolute atomic E-state index is 13.3. The Hall–Kier alpha value is -2.40. The Kier molecular flexibility index (Phi) is 4.77. The molecule has 0 aliphatic carbocycles. The first-order chi connectivity index (χ1) is 11.9. The van der Waals surface area contributed by atoms with Crippen molar-refractivity contribution in [2.24, 2.45) is 0 Å². The first-order valence-electron chi connectivity index (χ1n) is 8.00. The molecule has 0 bridgehead atoms. The molecule has 1 aliphatic heterocycles. The molecule has 1 aliphatic rings. The van der Waals surface area contributed by atoms with Crippen molar-refractivity contribution in [2.75, 3.05) is 18.0 Å². The molecule has 6 heteroatoms. The summed E-state index contributed by atoms with van der Waals surface area (Å²) in [6, 6.07) is 11.4. The third kappa shape index (κ3) is 3.51. The lowest BCUT2D eigenvalue weighted by atomic mass is 10.1. The Labute approximate surface area is 150 Å². The summed E-state index contributed by atoms with van der Waals surface area (Å²) in [6.07, 6.45) is 0. The van der Waals surface area contributed by atoms with Gasteiger partial charge in [0, 0.05) is 23.8 Å². The Bertz CT molecular complexity index is 823. The number of benzene rings is 2. The van der Waals surface area contributed by atoms with Crippen molar-refractivity contribution in [3.05, 3.63) is 64.4 Å². The van der Waals surface area contributed by atoms with E-state index in [1.54, 1.807) is 4.90 Å². The minimum Gasteiger partial charge on any atom is -0.325 e. The van der Waals surface area contributed by atoms with Crippen molar-refractivity contribution in [3.63, 3.8) is 0 Å². The number of halogens is 2. The van der Waals surface area contributed by atoms with Crippen LogP contribution < -0.4 is 4.90 Å². The van der Waals surface area contributed by atoms with E-state index in [9.17, 15) is 14.0 Å². The lowest BCUT2D eigenvalue weighted by Crippen LogP contribution is -2.57. The van der Waals surface area contributed by atoms with Gasteiger partial charge in [0.1, 0.15) is 12.4 Å². The number of rotatable bonds is 2. The number of carbonyl (C=O) groups is 2. The van der Waals surface area contributed by atoms with Gasteiger partial charge in [-0.2, -0.15) is 0 Å². The van der Waals surface area contributed by atoms with Gasteiger partial charge in [-0.25, -0.2) is 4.39 Å². The van der Waals surface area contributed by atoms with Crippen molar-refractivity contribution in [2.45, 2.75) is 19.9 Å². The summed E-state index contributed by atoms with van der Waals surface area (Å²) < 4.78 is 13.3. The average molecular weight is 361 g/mol. The molecule has 1 heterocycles. The summed E-state index contributed by atoms with van der Waals surface area (Å²) in [4.78, 5) is 28.4. The Morgan fingerprint density at radius 2 is 1.88 bits per heavy atom. The smallest absolute Gasteiger partial charge is 0.254 e. The molecule has 25 heavy (non-hydrogen) atoms. The van der Waals surface area contributed by atoms with Crippen LogP contribution in [0.25, 0.3) is 0 Å². The van der Waals surface area contributed by atoms with Crippen LogP contribution in [-0.2, 0) is 4.79 Å². The topological polar surface area (TPSA) is 40.6 Å². The van der Waals surface area contributed by atoms with E-state index in [0.29, 0.717) is 6.54 Å². The van der Waals surface area contributed by atoms with E-state index in [1.165, 1.54) is 17.0 Å². The highest BCUT2D eigenvalue weighted by Crippen LogP contribution is 2.23. The molecule has 2 aromatic rings. The number of hydrogen-bond acceptors (Lipinski definition) is 2. The number of hydrogen-bond donors (Lipinski definition) is 0. The van der Waals surface area contributed by atoms with Gasteiger partial charge in [0.15, 0.2) is 0 Å². The number of amides is 2. The van der Waals surface area contributed by atoms with Gasteiger partial charge in [-0.3, -0.25) is 9.59 Å². The van der Waals surface area contributed by atoms with Crippen LogP contribution in [0.5, 0.6) is 0 Å². The second-order valence-electron chi connectivity index (χ2n) is 6.25. The van der Waals surface area contributed by atoms with Crippen LogP contribution in [0.1, 0.15) is 22.8 Å². The normalized spacial score (nSPS) is 17.8. The molecule has 1 saturated heterocycles. The molecule has 1 fully saturated rings. The Morgan fingerprint density at radius 1 is 1.20 bits per heavy atom. The van der Waals surface area contributed by atoms with Crippen molar-refractivity contribution < 1.29 is 14.0 Å². The van der Waals surface area contributed by atoms with Crippen molar-refractivity contribution >= 4 is 29.1 Å². The van der Waals surface area contributed by atoms with Crippen LogP contribution in [0, 0.1) is 12.7 Å². The van der Waals surface area contributed by atoms with Crippen LogP contribution >= 0.6 is 11.6 Å². The summed E-state index contributed by atoms with van der Waals surface area (Å²) in [7, 11) is 0. The van der Waals surface area contributed by atoms with Crippen molar-refractivity contribution in [3.8, 4) is 0 Å². The zero-order valence-electron chi connectivity index (χ0n) is 14.0. The maximum atomic E-state index is 13.3. The van der Waals surface area contributed by atoms with Gasteiger partial charge in [0.25, 0.3) is 5.91 Å². The molecule has 0 radical (unpaired) electrons. The van der Waals surface area contributed by atoms with E-state index in [1.807, 2.05) is 38.1 Å². The van der Waals surface area contributed by atoms with E-state index < -0.39 is 5.82 Å². The number of anilines is 1. The predicted octanol–water partition coefficient (Wildman–Crippen LogP) is 3.67. The highest BCUT2D eigenvalue weighted by molar-refractivity contribution is 6.31. The van der Waals surface area contributed by atoms with Gasteiger partial charge in [-0.15, -0.1) is 0 Å². The molecule has 0 spiro atoms.